The molecule has 1 aromatic carbocycles. The molecule has 0 radical (unpaired) electrons. The van der Waals surface area contributed by atoms with Crippen LogP contribution in [0.1, 0.15) is 13.8 Å². The molecule has 0 amide bonds. The standard InChI is InChI=1S/C11H16O4S/c1-8(2)16(12,13)11-6-5-9(14-3)7-10(11)15-4/h5-8H,1-4H3. The molecule has 0 atom stereocenters. The third-order valence-electron chi connectivity index (χ3n) is 2.30. The van der Waals surface area contributed by atoms with Crippen LogP contribution in [0.3, 0.4) is 0 Å². The summed E-state index contributed by atoms with van der Waals surface area (Å²) in [6.45, 7) is 3.28. The maximum atomic E-state index is 12.0. The highest BCUT2D eigenvalue weighted by molar-refractivity contribution is 7.92. The lowest BCUT2D eigenvalue weighted by Crippen LogP contribution is -2.15. The summed E-state index contributed by atoms with van der Waals surface area (Å²) < 4.78 is 34.1. The van der Waals surface area contributed by atoms with Crippen molar-refractivity contribution in [2.24, 2.45) is 0 Å². The van der Waals surface area contributed by atoms with Crippen molar-refractivity contribution in [1.82, 2.24) is 0 Å². The molecule has 0 aliphatic heterocycles. The van der Waals surface area contributed by atoms with E-state index in [2.05, 4.69) is 0 Å². The van der Waals surface area contributed by atoms with E-state index in [1.807, 2.05) is 0 Å². The zero-order valence-electron chi connectivity index (χ0n) is 9.85. The molecule has 0 bridgehead atoms. The molecule has 0 N–H and O–H groups in total. The van der Waals surface area contributed by atoms with Crippen LogP contribution in [-0.4, -0.2) is 27.9 Å². The fourth-order valence-corrected chi connectivity index (χ4v) is 2.45. The highest BCUT2D eigenvalue weighted by Crippen LogP contribution is 2.30. The van der Waals surface area contributed by atoms with Crippen molar-refractivity contribution in [3.8, 4) is 11.5 Å². The first-order valence-electron chi connectivity index (χ1n) is 4.89. The number of rotatable bonds is 4. The lowest BCUT2D eigenvalue weighted by Gasteiger charge is -2.12. The van der Waals surface area contributed by atoms with Gasteiger partial charge in [0.1, 0.15) is 16.4 Å². The molecular weight excluding hydrogens is 228 g/mol. The van der Waals surface area contributed by atoms with Crippen molar-refractivity contribution in [2.45, 2.75) is 24.0 Å². The van der Waals surface area contributed by atoms with E-state index in [0.29, 0.717) is 11.5 Å². The maximum absolute atomic E-state index is 12.0. The Morgan fingerprint density at radius 1 is 1.12 bits per heavy atom. The van der Waals surface area contributed by atoms with E-state index in [-0.39, 0.29) is 4.90 Å². The lowest BCUT2D eigenvalue weighted by molar-refractivity contribution is 0.386. The van der Waals surface area contributed by atoms with Gasteiger partial charge in [-0.05, 0) is 26.0 Å². The van der Waals surface area contributed by atoms with E-state index in [1.165, 1.54) is 20.3 Å². The van der Waals surface area contributed by atoms with Gasteiger partial charge in [0.25, 0.3) is 0 Å². The van der Waals surface area contributed by atoms with Gasteiger partial charge in [-0.2, -0.15) is 0 Å². The second kappa shape index (κ2) is 4.74. The first kappa shape index (κ1) is 12.8. The Balaban J connectivity index is 3.35. The molecule has 1 rings (SSSR count). The number of ether oxygens (including phenoxy) is 2. The van der Waals surface area contributed by atoms with Crippen LogP contribution in [0.15, 0.2) is 23.1 Å². The number of sulfone groups is 1. The predicted molar refractivity (Wildman–Crippen MR) is 61.9 cm³/mol. The number of methoxy groups -OCH3 is 2. The zero-order valence-corrected chi connectivity index (χ0v) is 10.7. The average molecular weight is 244 g/mol. The maximum Gasteiger partial charge on any atom is 0.184 e. The monoisotopic (exact) mass is 244 g/mol. The molecule has 90 valence electrons. The number of hydrogen-bond acceptors (Lipinski definition) is 4. The second-order valence-electron chi connectivity index (χ2n) is 3.61. The van der Waals surface area contributed by atoms with Crippen LogP contribution in [0.2, 0.25) is 0 Å². The van der Waals surface area contributed by atoms with Gasteiger partial charge in [-0.25, -0.2) is 8.42 Å². The van der Waals surface area contributed by atoms with Gasteiger partial charge in [0.2, 0.25) is 0 Å². The summed E-state index contributed by atoms with van der Waals surface area (Å²) >= 11 is 0. The Hall–Kier alpha value is -1.23. The van der Waals surface area contributed by atoms with Crippen molar-refractivity contribution < 1.29 is 17.9 Å². The van der Waals surface area contributed by atoms with Crippen LogP contribution in [0, 0.1) is 0 Å². The summed E-state index contributed by atoms with van der Waals surface area (Å²) in [5, 5.41) is -0.477. The highest BCUT2D eigenvalue weighted by atomic mass is 32.2. The molecule has 4 nitrogen and oxygen atoms in total. The fourth-order valence-electron chi connectivity index (χ4n) is 1.26. The van der Waals surface area contributed by atoms with Crippen LogP contribution < -0.4 is 9.47 Å². The molecule has 0 fully saturated rings. The van der Waals surface area contributed by atoms with Gasteiger partial charge in [-0.15, -0.1) is 0 Å². The predicted octanol–water partition coefficient (Wildman–Crippen LogP) is 1.89. The molecule has 0 saturated carbocycles. The van der Waals surface area contributed by atoms with E-state index >= 15 is 0 Å². The van der Waals surface area contributed by atoms with Gasteiger partial charge in [0, 0.05) is 6.07 Å². The Morgan fingerprint density at radius 3 is 2.19 bits per heavy atom. The first-order chi connectivity index (χ1) is 7.43. The van der Waals surface area contributed by atoms with Crippen LogP contribution in [0.4, 0.5) is 0 Å². The highest BCUT2D eigenvalue weighted by Gasteiger charge is 2.23. The molecule has 0 aromatic heterocycles. The van der Waals surface area contributed by atoms with Gasteiger partial charge in [0.05, 0.1) is 19.5 Å². The summed E-state index contributed by atoms with van der Waals surface area (Å²) in [7, 11) is -0.367. The number of benzene rings is 1. The van der Waals surface area contributed by atoms with E-state index < -0.39 is 15.1 Å². The van der Waals surface area contributed by atoms with E-state index in [0.717, 1.165) is 0 Å². The van der Waals surface area contributed by atoms with Gasteiger partial charge in [-0.3, -0.25) is 0 Å². The molecule has 0 saturated heterocycles. The van der Waals surface area contributed by atoms with Gasteiger partial charge in [-0.1, -0.05) is 0 Å². The topological polar surface area (TPSA) is 52.6 Å². The lowest BCUT2D eigenvalue weighted by atomic mass is 10.3. The van der Waals surface area contributed by atoms with Crippen LogP contribution in [-0.2, 0) is 9.84 Å². The largest absolute Gasteiger partial charge is 0.497 e. The Kier molecular flexibility index (Phi) is 3.80. The van der Waals surface area contributed by atoms with Gasteiger partial charge in [0.15, 0.2) is 9.84 Å². The zero-order chi connectivity index (χ0) is 12.3. The normalized spacial score (nSPS) is 11.6. The minimum absolute atomic E-state index is 0.200. The summed E-state index contributed by atoms with van der Waals surface area (Å²) in [5.74, 6) is 0.882. The summed E-state index contributed by atoms with van der Waals surface area (Å²) in [6.07, 6.45) is 0. The molecule has 1 aromatic rings. The molecule has 16 heavy (non-hydrogen) atoms. The van der Waals surface area contributed by atoms with Crippen molar-refractivity contribution in [1.29, 1.82) is 0 Å². The Labute approximate surface area is 96.1 Å². The van der Waals surface area contributed by atoms with Gasteiger partial charge < -0.3 is 9.47 Å². The Morgan fingerprint density at radius 2 is 1.75 bits per heavy atom. The third kappa shape index (κ3) is 2.29. The minimum atomic E-state index is -3.33. The molecule has 0 unspecified atom stereocenters. The average Bonchev–Trinajstić information content (AvgIpc) is 2.27. The summed E-state index contributed by atoms with van der Waals surface area (Å²) in [5.41, 5.74) is 0. The molecule has 0 aliphatic rings. The quantitative estimate of drug-likeness (QED) is 0.811. The third-order valence-corrected chi connectivity index (χ3v) is 4.49. The molecular formula is C11H16O4S. The molecule has 5 heteroatoms. The van der Waals surface area contributed by atoms with E-state index in [4.69, 9.17) is 9.47 Å². The van der Waals surface area contributed by atoms with E-state index in [1.54, 1.807) is 26.0 Å². The summed E-state index contributed by atoms with van der Waals surface area (Å²) in [6, 6.07) is 4.68. The van der Waals surface area contributed by atoms with Crippen LogP contribution >= 0.6 is 0 Å². The SMILES string of the molecule is COc1ccc(S(=O)(=O)C(C)C)c(OC)c1. The first-order valence-corrected chi connectivity index (χ1v) is 6.44. The van der Waals surface area contributed by atoms with Crippen molar-refractivity contribution in [3.63, 3.8) is 0 Å². The molecule has 0 aliphatic carbocycles. The molecule has 0 spiro atoms. The van der Waals surface area contributed by atoms with Crippen molar-refractivity contribution >= 4 is 9.84 Å². The molecule has 0 heterocycles. The van der Waals surface area contributed by atoms with Crippen molar-refractivity contribution in [2.75, 3.05) is 14.2 Å². The second-order valence-corrected chi connectivity index (χ2v) is 6.08. The van der Waals surface area contributed by atoms with Crippen LogP contribution in [0.5, 0.6) is 11.5 Å². The van der Waals surface area contributed by atoms with Gasteiger partial charge >= 0.3 is 0 Å². The smallest absolute Gasteiger partial charge is 0.184 e. The number of hydrogen-bond donors (Lipinski definition) is 0. The Bertz CT molecular complexity index is 463. The van der Waals surface area contributed by atoms with Crippen molar-refractivity contribution in [3.05, 3.63) is 18.2 Å². The van der Waals surface area contributed by atoms with E-state index in [9.17, 15) is 8.42 Å². The van der Waals surface area contributed by atoms with Crippen LogP contribution in [0.25, 0.3) is 0 Å². The fraction of sp³-hybridized carbons (Fsp3) is 0.455. The minimum Gasteiger partial charge on any atom is -0.497 e. The summed E-state index contributed by atoms with van der Waals surface area (Å²) in [4.78, 5) is 0.200.